The molecule has 33 heavy (non-hydrogen) atoms. The van der Waals surface area contributed by atoms with Crippen LogP contribution in [0.15, 0.2) is 54.9 Å². The zero-order valence-electron chi connectivity index (χ0n) is 18.0. The van der Waals surface area contributed by atoms with E-state index >= 15 is 0 Å². The molecule has 1 aliphatic rings. The number of amides is 1. The second-order valence-electron chi connectivity index (χ2n) is 7.88. The van der Waals surface area contributed by atoms with E-state index in [9.17, 15) is 4.79 Å². The summed E-state index contributed by atoms with van der Waals surface area (Å²) in [5, 5.41) is 1.50. The number of benzene rings is 1. The lowest BCUT2D eigenvalue weighted by atomic mass is 9.86. The molecule has 1 aromatic carbocycles. The molecule has 2 aromatic heterocycles. The van der Waals surface area contributed by atoms with Crippen LogP contribution >= 0.6 is 34.8 Å². The SMILES string of the molecule is COc1ccc(C(=O)N2C[C@H]([C@H](C)Oc3ccc(Cl)cn3)[C@@H](c3ccc(Cl)c(Cl)c3)C2)cn1. The summed E-state index contributed by atoms with van der Waals surface area (Å²) in [6.07, 6.45) is 2.84. The number of halogens is 3. The first-order valence-electron chi connectivity index (χ1n) is 10.4. The lowest BCUT2D eigenvalue weighted by molar-refractivity contribution is 0.0769. The average Bonchev–Trinajstić information content (AvgIpc) is 3.27. The van der Waals surface area contributed by atoms with Crippen molar-refractivity contribution in [2.45, 2.75) is 18.9 Å². The lowest BCUT2D eigenvalue weighted by Crippen LogP contribution is -2.32. The van der Waals surface area contributed by atoms with Crippen molar-refractivity contribution in [2.24, 2.45) is 5.92 Å². The predicted octanol–water partition coefficient (Wildman–Crippen LogP) is 5.77. The molecule has 0 radical (unpaired) electrons. The van der Waals surface area contributed by atoms with Gasteiger partial charge in [-0.05, 0) is 36.8 Å². The first-order chi connectivity index (χ1) is 15.9. The molecule has 172 valence electrons. The Morgan fingerprint density at radius 2 is 1.76 bits per heavy atom. The summed E-state index contributed by atoms with van der Waals surface area (Å²) in [6.45, 7) is 2.99. The van der Waals surface area contributed by atoms with Crippen LogP contribution in [0.2, 0.25) is 15.1 Å². The first kappa shape index (κ1) is 23.6. The van der Waals surface area contributed by atoms with Gasteiger partial charge in [0.05, 0.1) is 27.7 Å². The second-order valence-corrected chi connectivity index (χ2v) is 9.13. The molecule has 9 heteroatoms. The van der Waals surface area contributed by atoms with Crippen LogP contribution in [0, 0.1) is 5.92 Å². The van der Waals surface area contributed by atoms with Gasteiger partial charge in [0.1, 0.15) is 6.10 Å². The van der Waals surface area contributed by atoms with Gasteiger partial charge in [-0.25, -0.2) is 9.97 Å². The van der Waals surface area contributed by atoms with E-state index in [0.717, 1.165) is 5.56 Å². The Balaban J connectivity index is 1.60. The minimum atomic E-state index is -0.232. The van der Waals surface area contributed by atoms with Gasteiger partial charge in [0.15, 0.2) is 0 Å². The summed E-state index contributed by atoms with van der Waals surface area (Å²) in [4.78, 5) is 23.5. The van der Waals surface area contributed by atoms with Gasteiger partial charge in [-0.15, -0.1) is 0 Å². The van der Waals surface area contributed by atoms with Crippen molar-refractivity contribution in [3.8, 4) is 11.8 Å². The monoisotopic (exact) mass is 505 g/mol. The molecular formula is C24H22Cl3N3O3. The molecule has 0 spiro atoms. The third-order valence-corrected chi connectivity index (χ3v) is 6.79. The number of likely N-dealkylation sites (tertiary alicyclic amines) is 1. The quantitative estimate of drug-likeness (QED) is 0.425. The van der Waals surface area contributed by atoms with Crippen molar-refractivity contribution in [1.82, 2.24) is 14.9 Å². The number of aromatic nitrogens is 2. The van der Waals surface area contributed by atoms with E-state index in [1.54, 1.807) is 36.5 Å². The predicted molar refractivity (Wildman–Crippen MR) is 129 cm³/mol. The number of hydrogen-bond acceptors (Lipinski definition) is 5. The molecule has 0 aliphatic carbocycles. The smallest absolute Gasteiger partial charge is 0.255 e. The Labute approximate surface area is 207 Å². The summed E-state index contributed by atoms with van der Waals surface area (Å²) >= 11 is 18.4. The third kappa shape index (κ3) is 5.35. The Morgan fingerprint density at radius 1 is 1.00 bits per heavy atom. The summed E-state index contributed by atoms with van der Waals surface area (Å²) in [7, 11) is 1.54. The van der Waals surface area contributed by atoms with Gasteiger partial charge in [-0.1, -0.05) is 40.9 Å². The van der Waals surface area contributed by atoms with Crippen molar-refractivity contribution in [3.05, 3.63) is 81.1 Å². The number of carbonyl (C=O) groups excluding carboxylic acids is 1. The lowest BCUT2D eigenvalue weighted by Gasteiger charge is -2.25. The molecule has 1 aliphatic heterocycles. The van der Waals surface area contributed by atoms with E-state index in [1.807, 2.05) is 24.0 Å². The van der Waals surface area contributed by atoms with E-state index in [-0.39, 0.29) is 23.8 Å². The van der Waals surface area contributed by atoms with Gasteiger partial charge >= 0.3 is 0 Å². The molecule has 1 saturated heterocycles. The van der Waals surface area contributed by atoms with Gasteiger partial charge in [-0.3, -0.25) is 4.79 Å². The normalized spacial score (nSPS) is 18.8. The van der Waals surface area contributed by atoms with E-state index in [0.29, 0.717) is 45.5 Å². The fourth-order valence-electron chi connectivity index (χ4n) is 4.09. The molecule has 3 atom stereocenters. The Hall–Kier alpha value is -2.54. The van der Waals surface area contributed by atoms with Gasteiger partial charge in [-0.2, -0.15) is 0 Å². The first-order valence-corrected chi connectivity index (χ1v) is 11.5. The number of hydrogen-bond donors (Lipinski definition) is 0. The van der Waals surface area contributed by atoms with Crippen molar-refractivity contribution >= 4 is 40.7 Å². The summed E-state index contributed by atoms with van der Waals surface area (Å²) < 4.78 is 11.2. The maximum Gasteiger partial charge on any atom is 0.255 e. The second kappa shape index (κ2) is 10.2. The summed E-state index contributed by atoms with van der Waals surface area (Å²) in [5.74, 6) is 0.822. The highest BCUT2D eigenvalue weighted by Gasteiger charge is 2.40. The number of carbonyl (C=O) groups is 1. The van der Waals surface area contributed by atoms with Crippen LogP contribution in [0.1, 0.15) is 28.8 Å². The van der Waals surface area contributed by atoms with Crippen LogP contribution in [0.4, 0.5) is 0 Å². The van der Waals surface area contributed by atoms with Crippen LogP contribution in [-0.4, -0.2) is 47.1 Å². The molecule has 0 N–H and O–H groups in total. The van der Waals surface area contributed by atoms with Crippen molar-refractivity contribution in [2.75, 3.05) is 20.2 Å². The highest BCUT2D eigenvalue weighted by atomic mass is 35.5. The van der Waals surface area contributed by atoms with Crippen LogP contribution in [0.5, 0.6) is 11.8 Å². The molecule has 3 aromatic rings. The molecule has 1 amide bonds. The molecular weight excluding hydrogens is 485 g/mol. The number of nitrogens with zero attached hydrogens (tertiary/aromatic N) is 3. The maximum atomic E-state index is 13.2. The van der Waals surface area contributed by atoms with Gasteiger partial charge in [0.25, 0.3) is 5.91 Å². The zero-order valence-corrected chi connectivity index (χ0v) is 20.3. The minimum Gasteiger partial charge on any atom is -0.481 e. The topological polar surface area (TPSA) is 64.5 Å². The number of rotatable bonds is 6. The van der Waals surface area contributed by atoms with Crippen LogP contribution in [0.25, 0.3) is 0 Å². The van der Waals surface area contributed by atoms with Gasteiger partial charge in [0, 0.05) is 49.5 Å². The molecule has 0 bridgehead atoms. The number of pyridine rings is 2. The molecule has 3 heterocycles. The van der Waals surface area contributed by atoms with Crippen LogP contribution in [0.3, 0.4) is 0 Å². The zero-order chi connectivity index (χ0) is 23.5. The Morgan fingerprint density at radius 3 is 2.39 bits per heavy atom. The fourth-order valence-corrected chi connectivity index (χ4v) is 4.50. The number of methoxy groups -OCH3 is 1. The van der Waals surface area contributed by atoms with Crippen molar-refractivity contribution < 1.29 is 14.3 Å². The van der Waals surface area contributed by atoms with E-state index < -0.39 is 0 Å². The largest absolute Gasteiger partial charge is 0.481 e. The van der Waals surface area contributed by atoms with Gasteiger partial charge in [0.2, 0.25) is 11.8 Å². The van der Waals surface area contributed by atoms with Gasteiger partial charge < -0.3 is 14.4 Å². The Bertz CT molecular complexity index is 1130. The van der Waals surface area contributed by atoms with Crippen LogP contribution in [-0.2, 0) is 0 Å². The standard InChI is InChI=1S/C24H22Cl3N3O3/c1-14(33-23-8-5-17(25)11-29-23)18-12-30(24(31)16-4-7-22(32-2)28-10-16)13-19(18)15-3-6-20(26)21(27)9-15/h3-11,14,18-19H,12-13H2,1-2H3/t14-,18+,19+/m0/s1. The average molecular weight is 507 g/mol. The summed E-state index contributed by atoms with van der Waals surface area (Å²) in [6, 6.07) is 12.4. The highest BCUT2D eigenvalue weighted by Crippen LogP contribution is 2.38. The van der Waals surface area contributed by atoms with Crippen LogP contribution < -0.4 is 9.47 Å². The van der Waals surface area contributed by atoms with Crippen molar-refractivity contribution in [3.63, 3.8) is 0 Å². The van der Waals surface area contributed by atoms with E-state index in [4.69, 9.17) is 44.3 Å². The van der Waals surface area contributed by atoms with Crippen molar-refractivity contribution in [1.29, 1.82) is 0 Å². The van der Waals surface area contributed by atoms with E-state index in [2.05, 4.69) is 9.97 Å². The third-order valence-electron chi connectivity index (χ3n) is 5.83. The molecule has 0 unspecified atom stereocenters. The summed E-state index contributed by atoms with van der Waals surface area (Å²) in [5.41, 5.74) is 1.49. The fraction of sp³-hybridized carbons (Fsp3) is 0.292. The molecule has 6 nitrogen and oxygen atoms in total. The highest BCUT2D eigenvalue weighted by molar-refractivity contribution is 6.42. The minimum absolute atomic E-state index is 0.00257. The Kier molecular flexibility index (Phi) is 7.27. The number of ether oxygens (including phenoxy) is 2. The molecule has 1 fully saturated rings. The maximum absolute atomic E-state index is 13.2. The molecule has 0 saturated carbocycles. The molecule has 4 rings (SSSR count). The van der Waals surface area contributed by atoms with E-state index in [1.165, 1.54) is 13.3 Å².